The highest BCUT2D eigenvalue weighted by Gasteiger charge is 2.97. The maximum Gasteiger partial charge on any atom is 0.0954 e. The summed E-state index contributed by atoms with van der Waals surface area (Å²) < 4.78 is 0.271. The number of hydrogen-bond donors (Lipinski definition) is 1. The first-order valence-electron chi connectivity index (χ1n) is 7.81. The Hall–Kier alpha value is 0.660. The van der Waals surface area contributed by atoms with E-state index in [2.05, 4.69) is 23.5 Å². The second kappa shape index (κ2) is 2.35. The van der Waals surface area contributed by atoms with Gasteiger partial charge in [0.15, 0.2) is 0 Å². The van der Waals surface area contributed by atoms with Crippen molar-refractivity contribution in [3.05, 3.63) is 0 Å². The third-order valence-electron chi connectivity index (χ3n) is 8.39. The predicted molar refractivity (Wildman–Crippen MR) is 73.2 cm³/mol. The molecule has 3 heteroatoms. The van der Waals surface area contributed by atoms with Crippen LogP contribution in [0.25, 0.3) is 0 Å². The van der Waals surface area contributed by atoms with E-state index in [1.807, 2.05) is 0 Å². The summed E-state index contributed by atoms with van der Waals surface area (Å²) in [5, 5.41) is 11.8. The minimum atomic E-state index is -0.222. The quantitative estimate of drug-likeness (QED) is 0.734. The van der Waals surface area contributed by atoms with Crippen LogP contribution in [0.3, 0.4) is 0 Å². The maximum absolute atomic E-state index is 11.8. The fourth-order valence-corrected chi connectivity index (χ4v) is 13.0. The first kappa shape index (κ1) is 9.57. The first-order chi connectivity index (χ1) is 8.81. The minimum Gasteiger partial charge on any atom is -0.387 e. The van der Waals surface area contributed by atoms with E-state index < -0.39 is 0 Å². The van der Waals surface area contributed by atoms with Crippen molar-refractivity contribution in [3.63, 3.8) is 0 Å². The lowest BCUT2D eigenvalue weighted by molar-refractivity contribution is -0.0756. The van der Waals surface area contributed by atoms with Gasteiger partial charge in [-0.05, 0) is 77.6 Å². The van der Waals surface area contributed by atoms with Crippen LogP contribution in [-0.4, -0.2) is 26.3 Å². The molecule has 8 rings (SSSR count). The van der Waals surface area contributed by atoms with E-state index in [4.69, 9.17) is 0 Å². The van der Waals surface area contributed by atoms with Crippen LogP contribution in [0.2, 0.25) is 0 Å². The highest BCUT2D eigenvalue weighted by atomic mass is 32.2. The molecule has 7 aliphatic carbocycles. The molecule has 0 aromatic heterocycles. The first-order valence-corrected chi connectivity index (χ1v) is 9.78. The van der Waals surface area contributed by atoms with Crippen molar-refractivity contribution in [3.8, 4) is 0 Å². The Bertz CT molecular complexity index is 501. The zero-order chi connectivity index (χ0) is 11.4. The molecule has 7 saturated carbocycles. The van der Waals surface area contributed by atoms with Crippen LogP contribution in [0.15, 0.2) is 0 Å². The van der Waals surface area contributed by atoms with Crippen LogP contribution in [-0.2, 0) is 0 Å². The third kappa shape index (κ3) is 0.557. The van der Waals surface area contributed by atoms with Gasteiger partial charge < -0.3 is 5.11 Å². The average Bonchev–Trinajstić information content (AvgIpc) is 2.96. The van der Waals surface area contributed by atoms with Gasteiger partial charge in [0.05, 0.1) is 9.68 Å². The van der Waals surface area contributed by atoms with E-state index in [0.29, 0.717) is 0 Å². The molecule has 0 aromatic rings. The Balaban J connectivity index is 1.56. The Morgan fingerprint density at radius 2 is 1.67 bits per heavy atom. The van der Waals surface area contributed by atoms with E-state index in [9.17, 15) is 5.11 Å². The zero-order valence-electron chi connectivity index (χ0n) is 10.3. The molecule has 1 nitrogen and oxygen atoms in total. The molecule has 1 heterocycles. The lowest BCUT2D eigenvalue weighted by Gasteiger charge is -2.47. The number of aliphatic hydroxyl groups is 1. The molecular formula is C15H18OS2. The van der Waals surface area contributed by atoms with Gasteiger partial charge in [0.25, 0.3) is 0 Å². The van der Waals surface area contributed by atoms with Crippen LogP contribution < -0.4 is 0 Å². The second-order valence-electron chi connectivity index (χ2n) is 7.99. The number of rotatable bonds is 0. The van der Waals surface area contributed by atoms with Crippen LogP contribution in [0.5, 0.6) is 0 Å². The van der Waals surface area contributed by atoms with Crippen LogP contribution in [0.4, 0.5) is 0 Å². The van der Waals surface area contributed by atoms with Crippen molar-refractivity contribution in [2.75, 3.05) is 11.5 Å². The molecule has 8 fully saturated rings. The summed E-state index contributed by atoms with van der Waals surface area (Å²) in [6.07, 6.45) is 2.88. The smallest absolute Gasteiger partial charge is 0.0954 e. The third-order valence-corrected chi connectivity index (χ3v) is 12.1. The minimum absolute atomic E-state index is 0.222. The summed E-state index contributed by atoms with van der Waals surface area (Å²) in [5.41, 5.74) is -0.222. The molecule has 96 valence electrons. The molecule has 1 aliphatic heterocycles. The molecule has 18 heavy (non-hydrogen) atoms. The summed E-state index contributed by atoms with van der Waals surface area (Å²) >= 11 is 4.39. The van der Waals surface area contributed by atoms with E-state index in [-0.39, 0.29) is 9.68 Å². The van der Waals surface area contributed by atoms with Crippen LogP contribution in [0, 0.1) is 53.3 Å². The Kier molecular flexibility index (Phi) is 1.25. The highest BCUT2D eigenvalue weighted by molar-refractivity contribution is 8.19. The van der Waals surface area contributed by atoms with Gasteiger partial charge in [-0.25, -0.2) is 0 Å². The maximum atomic E-state index is 11.8. The van der Waals surface area contributed by atoms with E-state index in [1.165, 1.54) is 24.3 Å². The van der Waals surface area contributed by atoms with Crippen molar-refractivity contribution < 1.29 is 5.11 Å². The van der Waals surface area contributed by atoms with Crippen molar-refractivity contribution in [2.45, 2.75) is 22.5 Å². The normalized spacial score (nSPS) is 78.2. The Morgan fingerprint density at radius 1 is 0.833 bits per heavy atom. The van der Waals surface area contributed by atoms with Crippen molar-refractivity contribution in [1.29, 1.82) is 0 Å². The monoisotopic (exact) mass is 278 g/mol. The SMILES string of the molecule is O[C@]12C3C4C5C3[C@H](C3C1[C@@H]4C[C@@H]53)C21SCCCS1. The van der Waals surface area contributed by atoms with E-state index in [0.717, 1.165) is 53.3 Å². The molecule has 6 unspecified atom stereocenters. The average molecular weight is 278 g/mol. The summed E-state index contributed by atoms with van der Waals surface area (Å²) in [6.45, 7) is 0. The van der Waals surface area contributed by atoms with Gasteiger partial charge in [-0.2, -0.15) is 0 Å². The van der Waals surface area contributed by atoms with E-state index in [1.54, 1.807) is 0 Å². The molecule has 10 atom stereocenters. The molecule has 1 spiro atoms. The van der Waals surface area contributed by atoms with Crippen molar-refractivity contribution in [2.24, 2.45) is 53.3 Å². The van der Waals surface area contributed by atoms with Crippen LogP contribution >= 0.6 is 23.5 Å². The Labute approximate surface area is 116 Å². The van der Waals surface area contributed by atoms with Gasteiger partial charge in [0.1, 0.15) is 0 Å². The standard InChI is InChI=1S/C15H18OS2/c16-14-11-6-4-5-7-8(6)12(14)10(7)13(9(5)11)15(14)17-2-1-3-18-15/h5-13,16H,1-4H2/t5-,6+,7?,8?,9?,10?,11?,12?,13-,14-/m0/s1. The summed E-state index contributed by atoms with van der Waals surface area (Å²) in [6, 6.07) is 0. The molecule has 8 aliphatic rings. The molecule has 4 bridgehead atoms. The van der Waals surface area contributed by atoms with Gasteiger partial charge in [0, 0.05) is 0 Å². The Morgan fingerprint density at radius 3 is 2.50 bits per heavy atom. The largest absolute Gasteiger partial charge is 0.387 e. The summed E-state index contributed by atoms with van der Waals surface area (Å²) in [7, 11) is 0. The highest BCUT2D eigenvalue weighted by Crippen LogP contribution is 2.96. The number of thioether (sulfide) groups is 2. The van der Waals surface area contributed by atoms with E-state index >= 15 is 0 Å². The lowest BCUT2D eigenvalue weighted by atomic mass is 9.59. The van der Waals surface area contributed by atoms with Gasteiger partial charge in [-0.1, -0.05) is 0 Å². The molecule has 0 amide bonds. The van der Waals surface area contributed by atoms with Gasteiger partial charge in [0.2, 0.25) is 0 Å². The molecule has 1 N–H and O–H groups in total. The van der Waals surface area contributed by atoms with Crippen LogP contribution in [0.1, 0.15) is 12.8 Å². The molecule has 0 radical (unpaired) electrons. The molecular weight excluding hydrogens is 260 g/mol. The van der Waals surface area contributed by atoms with Gasteiger partial charge in [-0.3, -0.25) is 0 Å². The lowest BCUT2D eigenvalue weighted by Crippen LogP contribution is -2.53. The molecule has 1 saturated heterocycles. The van der Waals surface area contributed by atoms with Crippen molar-refractivity contribution in [1.82, 2.24) is 0 Å². The number of hydrogen-bond acceptors (Lipinski definition) is 3. The topological polar surface area (TPSA) is 20.2 Å². The zero-order valence-corrected chi connectivity index (χ0v) is 11.9. The fourth-order valence-electron chi connectivity index (χ4n) is 8.80. The molecule has 0 aromatic carbocycles. The summed E-state index contributed by atoms with van der Waals surface area (Å²) in [4.78, 5) is 0. The van der Waals surface area contributed by atoms with Gasteiger partial charge >= 0.3 is 0 Å². The van der Waals surface area contributed by atoms with Gasteiger partial charge in [-0.15, -0.1) is 23.5 Å². The fraction of sp³-hybridized carbons (Fsp3) is 1.00. The van der Waals surface area contributed by atoms with Crippen molar-refractivity contribution >= 4 is 23.5 Å². The second-order valence-corrected chi connectivity index (χ2v) is 10.9. The summed E-state index contributed by atoms with van der Waals surface area (Å²) in [5.74, 6) is 11.1. The predicted octanol–water partition coefficient (Wildman–Crippen LogP) is 2.30.